The Morgan fingerprint density at radius 3 is 2.94 bits per heavy atom. The largest absolute Gasteiger partial charge is 0.385 e. The van der Waals surface area contributed by atoms with E-state index < -0.39 is 0 Å². The van der Waals surface area contributed by atoms with E-state index in [1.165, 1.54) is 5.56 Å². The number of ether oxygens (including phenoxy) is 2. The first-order valence-corrected chi connectivity index (χ1v) is 6.66. The number of hydrogen-bond acceptors (Lipinski definition) is 4. The minimum absolute atomic E-state index is 0.783. The predicted molar refractivity (Wildman–Crippen MR) is 68.2 cm³/mol. The molecule has 0 aliphatic heterocycles. The molecule has 1 heterocycles. The molecule has 0 amide bonds. The van der Waals surface area contributed by atoms with Crippen LogP contribution in [0.3, 0.4) is 0 Å². The highest BCUT2D eigenvalue weighted by Gasteiger charge is 1.93. The molecule has 1 aromatic heterocycles. The fourth-order valence-electron chi connectivity index (χ4n) is 1.34. The summed E-state index contributed by atoms with van der Waals surface area (Å²) in [5.74, 6) is 0. The Kier molecular flexibility index (Phi) is 8.34. The average molecular weight is 243 g/mol. The monoisotopic (exact) mass is 243 g/mol. The van der Waals surface area contributed by atoms with Gasteiger partial charge in [0.05, 0.1) is 6.61 Å². The molecule has 0 atom stereocenters. The summed E-state index contributed by atoms with van der Waals surface area (Å²) < 4.78 is 10.4. The Morgan fingerprint density at radius 1 is 1.25 bits per heavy atom. The van der Waals surface area contributed by atoms with E-state index in [0.29, 0.717) is 0 Å². The third-order valence-electron chi connectivity index (χ3n) is 2.23. The molecule has 0 saturated carbocycles. The molecule has 0 fully saturated rings. The van der Waals surface area contributed by atoms with Gasteiger partial charge in [-0.15, -0.1) is 0 Å². The van der Waals surface area contributed by atoms with Crippen molar-refractivity contribution >= 4 is 11.3 Å². The van der Waals surface area contributed by atoms with Crippen LogP contribution in [0.25, 0.3) is 0 Å². The zero-order valence-electron chi connectivity index (χ0n) is 9.91. The Hall–Kier alpha value is -0.420. The summed E-state index contributed by atoms with van der Waals surface area (Å²) >= 11 is 1.75. The molecule has 16 heavy (non-hydrogen) atoms. The van der Waals surface area contributed by atoms with Crippen LogP contribution >= 0.6 is 11.3 Å². The number of rotatable bonds is 10. The van der Waals surface area contributed by atoms with Crippen LogP contribution in [0.15, 0.2) is 16.8 Å². The van der Waals surface area contributed by atoms with Gasteiger partial charge in [-0.3, -0.25) is 0 Å². The van der Waals surface area contributed by atoms with Crippen LogP contribution in [-0.2, 0) is 15.9 Å². The van der Waals surface area contributed by atoms with Gasteiger partial charge in [-0.05, 0) is 41.8 Å². The van der Waals surface area contributed by atoms with Crippen LogP contribution in [0.4, 0.5) is 0 Å². The van der Waals surface area contributed by atoms with E-state index in [1.54, 1.807) is 18.4 Å². The summed E-state index contributed by atoms with van der Waals surface area (Å²) in [6, 6.07) is 2.17. The standard InChI is InChI=1S/C12H21NO2S/c1-14-7-2-8-15-9-6-13-5-3-12-4-10-16-11-12/h4,10-11,13H,2-3,5-9H2,1H3. The zero-order chi connectivity index (χ0) is 11.5. The van der Waals surface area contributed by atoms with E-state index in [4.69, 9.17) is 9.47 Å². The van der Waals surface area contributed by atoms with Crippen molar-refractivity contribution in [1.82, 2.24) is 5.32 Å². The maximum Gasteiger partial charge on any atom is 0.0590 e. The molecule has 0 aliphatic carbocycles. The van der Waals surface area contributed by atoms with E-state index in [2.05, 4.69) is 22.1 Å². The normalized spacial score (nSPS) is 10.8. The van der Waals surface area contributed by atoms with Crippen molar-refractivity contribution in [3.8, 4) is 0 Å². The third-order valence-corrected chi connectivity index (χ3v) is 2.96. The smallest absolute Gasteiger partial charge is 0.0590 e. The van der Waals surface area contributed by atoms with Crippen LogP contribution in [-0.4, -0.2) is 40.0 Å². The summed E-state index contributed by atoms with van der Waals surface area (Å²) in [6.45, 7) is 4.31. The molecule has 92 valence electrons. The first kappa shape index (κ1) is 13.6. The predicted octanol–water partition coefficient (Wildman–Crippen LogP) is 1.93. The van der Waals surface area contributed by atoms with Gasteiger partial charge in [-0.25, -0.2) is 0 Å². The van der Waals surface area contributed by atoms with Crippen molar-refractivity contribution in [2.75, 3.05) is 40.0 Å². The van der Waals surface area contributed by atoms with Gasteiger partial charge in [0.15, 0.2) is 0 Å². The quantitative estimate of drug-likeness (QED) is 0.637. The second kappa shape index (κ2) is 9.78. The van der Waals surface area contributed by atoms with E-state index >= 15 is 0 Å². The Morgan fingerprint density at radius 2 is 2.19 bits per heavy atom. The van der Waals surface area contributed by atoms with Gasteiger partial charge >= 0.3 is 0 Å². The van der Waals surface area contributed by atoms with Crippen LogP contribution < -0.4 is 5.32 Å². The maximum atomic E-state index is 5.43. The number of nitrogens with one attached hydrogen (secondary N) is 1. The molecule has 0 aliphatic rings. The van der Waals surface area contributed by atoms with Crippen molar-refractivity contribution in [2.24, 2.45) is 0 Å². The highest BCUT2D eigenvalue weighted by Crippen LogP contribution is 2.05. The summed E-state index contributed by atoms with van der Waals surface area (Å²) in [5, 5.41) is 7.68. The minimum Gasteiger partial charge on any atom is -0.385 e. The first-order valence-electron chi connectivity index (χ1n) is 5.72. The van der Waals surface area contributed by atoms with Crippen LogP contribution in [0.2, 0.25) is 0 Å². The molecule has 1 aromatic rings. The van der Waals surface area contributed by atoms with E-state index in [9.17, 15) is 0 Å². The maximum absolute atomic E-state index is 5.43. The molecule has 4 heteroatoms. The molecule has 1 N–H and O–H groups in total. The van der Waals surface area contributed by atoms with Gasteiger partial charge in [0.25, 0.3) is 0 Å². The molecule has 3 nitrogen and oxygen atoms in total. The van der Waals surface area contributed by atoms with Crippen LogP contribution in [0, 0.1) is 0 Å². The average Bonchev–Trinajstić information content (AvgIpc) is 2.80. The first-order chi connectivity index (χ1) is 7.93. The Bertz CT molecular complexity index is 239. The SMILES string of the molecule is COCCCOCCNCCc1ccsc1. The second-order valence-corrected chi connectivity index (χ2v) is 4.37. The van der Waals surface area contributed by atoms with Gasteiger partial charge in [0.2, 0.25) is 0 Å². The Labute approximate surface area is 102 Å². The summed E-state index contributed by atoms with van der Waals surface area (Å²) in [5.41, 5.74) is 1.42. The van der Waals surface area contributed by atoms with Gasteiger partial charge < -0.3 is 14.8 Å². The molecule has 0 bridgehead atoms. The minimum atomic E-state index is 0.783. The molecule has 0 radical (unpaired) electrons. The molecule has 0 aromatic carbocycles. The number of hydrogen-bond donors (Lipinski definition) is 1. The topological polar surface area (TPSA) is 30.5 Å². The molecule has 0 saturated heterocycles. The zero-order valence-corrected chi connectivity index (χ0v) is 10.7. The summed E-state index contributed by atoms with van der Waals surface area (Å²) in [7, 11) is 1.71. The lowest BCUT2D eigenvalue weighted by atomic mass is 10.2. The highest BCUT2D eigenvalue weighted by atomic mass is 32.1. The fraction of sp³-hybridized carbons (Fsp3) is 0.667. The van der Waals surface area contributed by atoms with E-state index in [-0.39, 0.29) is 0 Å². The summed E-state index contributed by atoms with van der Waals surface area (Å²) in [4.78, 5) is 0. The lowest BCUT2D eigenvalue weighted by molar-refractivity contribution is 0.104. The van der Waals surface area contributed by atoms with Gasteiger partial charge in [0.1, 0.15) is 0 Å². The van der Waals surface area contributed by atoms with Gasteiger partial charge in [-0.2, -0.15) is 11.3 Å². The van der Waals surface area contributed by atoms with Crippen LogP contribution in [0.1, 0.15) is 12.0 Å². The van der Waals surface area contributed by atoms with Crippen LogP contribution in [0.5, 0.6) is 0 Å². The third kappa shape index (κ3) is 6.95. The molecule has 1 rings (SSSR count). The molecular formula is C12H21NO2S. The number of thiophene rings is 1. The highest BCUT2D eigenvalue weighted by molar-refractivity contribution is 7.07. The molecule has 0 spiro atoms. The second-order valence-electron chi connectivity index (χ2n) is 3.59. The van der Waals surface area contributed by atoms with Crippen molar-refractivity contribution < 1.29 is 9.47 Å². The lowest BCUT2D eigenvalue weighted by Crippen LogP contribution is -2.22. The van der Waals surface area contributed by atoms with E-state index in [0.717, 1.165) is 45.8 Å². The van der Waals surface area contributed by atoms with E-state index in [1.807, 2.05) is 0 Å². The van der Waals surface area contributed by atoms with Crippen molar-refractivity contribution in [2.45, 2.75) is 12.8 Å². The number of methoxy groups -OCH3 is 1. The van der Waals surface area contributed by atoms with Gasteiger partial charge in [0, 0.05) is 26.9 Å². The molecule has 0 unspecified atom stereocenters. The van der Waals surface area contributed by atoms with Gasteiger partial charge in [-0.1, -0.05) is 0 Å². The Balaban J connectivity index is 1.78. The summed E-state index contributed by atoms with van der Waals surface area (Å²) in [6.07, 6.45) is 2.08. The van der Waals surface area contributed by atoms with Crippen molar-refractivity contribution in [3.05, 3.63) is 22.4 Å². The van der Waals surface area contributed by atoms with Crippen molar-refractivity contribution in [3.63, 3.8) is 0 Å². The molecular weight excluding hydrogens is 222 g/mol. The van der Waals surface area contributed by atoms with Crippen molar-refractivity contribution in [1.29, 1.82) is 0 Å². The lowest BCUT2D eigenvalue weighted by Gasteiger charge is -2.05. The fourth-order valence-corrected chi connectivity index (χ4v) is 2.05.